The topological polar surface area (TPSA) is 68.2 Å². The van der Waals surface area contributed by atoms with Gasteiger partial charge in [0.25, 0.3) is 5.91 Å². The van der Waals surface area contributed by atoms with Crippen LogP contribution in [0.1, 0.15) is 17.3 Å². The predicted octanol–water partition coefficient (Wildman–Crippen LogP) is 0.645. The van der Waals surface area contributed by atoms with Crippen LogP contribution < -0.4 is 10.6 Å². The van der Waals surface area contributed by atoms with Gasteiger partial charge in [-0.2, -0.15) is 0 Å². The smallest absolute Gasteiger partial charge is 0.257 e. The lowest BCUT2D eigenvalue weighted by atomic mass is 10.2. The van der Waals surface area contributed by atoms with Crippen LogP contribution in [0.2, 0.25) is 0 Å². The molecule has 0 bridgehead atoms. The second-order valence-electron chi connectivity index (χ2n) is 4.47. The Balaban J connectivity index is 1.93. The van der Waals surface area contributed by atoms with E-state index in [-0.39, 0.29) is 11.9 Å². The first-order valence-electron chi connectivity index (χ1n) is 6.10. The van der Waals surface area contributed by atoms with Gasteiger partial charge in [0.05, 0.1) is 0 Å². The molecule has 1 aromatic carbocycles. The Labute approximate surface area is 107 Å². The molecule has 1 heterocycles. The molecular formula is C13H18N4O. The summed E-state index contributed by atoms with van der Waals surface area (Å²) in [7, 11) is 0. The van der Waals surface area contributed by atoms with Gasteiger partial charge in [0.15, 0.2) is 5.96 Å². The van der Waals surface area contributed by atoms with Crippen LogP contribution in [0.25, 0.3) is 0 Å². The summed E-state index contributed by atoms with van der Waals surface area (Å²) in [6.07, 6.45) is 0. The number of piperazine rings is 1. The van der Waals surface area contributed by atoms with Crippen molar-refractivity contribution in [3.63, 3.8) is 0 Å². The van der Waals surface area contributed by atoms with Crippen molar-refractivity contribution in [2.24, 2.45) is 0 Å². The highest BCUT2D eigenvalue weighted by Gasteiger charge is 2.19. The van der Waals surface area contributed by atoms with Crippen molar-refractivity contribution in [1.82, 2.24) is 15.5 Å². The highest BCUT2D eigenvalue weighted by Crippen LogP contribution is 2.01. The van der Waals surface area contributed by atoms with E-state index in [2.05, 4.69) is 17.6 Å². The quantitative estimate of drug-likeness (QED) is 0.503. The van der Waals surface area contributed by atoms with E-state index >= 15 is 0 Å². The maximum Gasteiger partial charge on any atom is 0.257 e. The third-order valence-electron chi connectivity index (χ3n) is 2.95. The molecule has 1 fully saturated rings. The van der Waals surface area contributed by atoms with Gasteiger partial charge in [-0.1, -0.05) is 18.2 Å². The number of rotatable bonds is 1. The fraction of sp³-hybridized carbons (Fsp3) is 0.385. The summed E-state index contributed by atoms with van der Waals surface area (Å²) in [5.41, 5.74) is 0.574. The maximum atomic E-state index is 11.9. The molecule has 0 aromatic heterocycles. The van der Waals surface area contributed by atoms with Crippen LogP contribution in [0.3, 0.4) is 0 Å². The van der Waals surface area contributed by atoms with Crippen LogP contribution in [-0.2, 0) is 0 Å². The Bertz CT molecular complexity index is 432. The van der Waals surface area contributed by atoms with Crippen molar-refractivity contribution in [1.29, 1.82) is 5.41 Å². The van der Waals surface area contributed by atoms with Crippen molar-refractivity contribution < 1.29 is 4.79 Å². The summed E-state index contributed by atoms with van der Waals surface area (Å²) in [6.45, 7) is 4.40. The molecular weight excluding hydrogens is 228 g/mol. The fourth-order valence-electron chi connectivity index (χ4n) is 1.98. The summed E-state index contributed by atoms with van der Waals surface area (Å²) in [5, 5.41) is 13.8. The monoisotopic (exact) mass is 246 g/mol. The summed E-state index contributed by atoms with van der Waals surface area (Å²) in [6, 6.07) is 9.30. The van der Waals surface area contributed by atoms with E-state index in [0.29, 0.717) is 11.6 Å². The number of carbonyl (C=O) groups is 1. The molecule has 5 heteroatoms. The Kier molecular flexibility index (Phi) is 3.94. The van der Waals surface area contributed by atoms with Gasteiger partial charge in [-0.05, 0) is 19.1 Å². The second-order valence-corrected chi connectivity index (χ2v) is 4.47. The first-order chi connectivity index (χ1) is 8.66. The number of amides is 1. The summed E-state index contributed by atoms with van der Waals surface area (Å²) < 4.78 is 0. The van der Waals surface area contributed by atoms with Crippen molar-refractivity contribution in [3.8, 4) is 0 Å². The second kappa shape index (κ2) is 5.64. The Hall–Kier alpha value is -1.88. The number of hydrogen-bond donors (Lipinski definition) is 3. The molecule has 0 spiro atoms. The molecule has 18 heavy (non-hydrogen) atoms. The SMILES string of the molecule is CC1CN(C(=N)NC(=O)c2ccccc2)CCN1. The van der Waals surface area contributed by atoms with E-state index < -0.39 is 0 Å². The van der Waals surface area contributed by atoms with E-state index in [4.69, 9.17) is 5.41 Å². The minimum Gasteiger partial charge on any atom is -0.340 e. The van der Waals surface area contributed by atoms with Crippen LogP contribution in [-0.4, -0.2) is 42.4 Å². The lowest BCUT2D eigenvalue weighted by molar-refractivity contribution is 0.0970. The molecule has 0 aliphatic carbocycles. The van der Waals surface area contributed by atoms with Crippen molar-refractivity contribution >= 4 is 11.9 Å². The average molecular weight is 246 g/mol. The number of hydrogen-bond acceptors (Lipinski definition) is 3. The van der Waals surface area contributed by atoms with Gasteiger partial charge in [-0.15, -0.1) is 0 Å². The molecule has 5 nitrogen and oxygen atoms in total. The zero-order valence-corrected chi connectivity index (χ0v) is 10.4. The number of guanidine groups is 1. The van der Waals surface area contributed by atoms with Gasteiger partial charge in [-0.25, -0.2) is 0 Å². The van der Waals surface area contributed by atoms with Gasteiger partial charge in [0.2, 0.25) is 0 Å². The van der Waals surface area contributed by atoms with Gasteiger partial charge in [0, 0.05) is 31.2 Å². The maximum absolute atomic E-state index is 11.9. The largest absolute Gasteiger partial charge is 0.340 e. The lowest BCUT2D eigenvalue weighted by Gasteiger charge is -2.33. The Morgan fingerprint density at radius 3 is 2.83 bits per heavy atom. The van der Waals surface area contributed by atoms with Crippen molar-refractivity contribution in [2.45, 2.75) is 13.0 Å². The molecule has 1 aliphatic rings. The molecule has 1 aromatic rings. The van der Waals surface area contributed by atoms with Crippen molar-refractivity contribution in [2.75, 3.05) is 19.6 Å². The van der Waals surface area contributed by atoms with Crippen LogP contribution in [0.5, 0.6) is 0 Å². The molecule has 0 saturated carbocycles. The summed E-state index contributed by atoms with van der Waals surface area (Å²) >= 11 is 0. The first-order valence-corrected chi connectivity index (χ1v) is 6.10. The van der Waals surface area contributed by atoms with E-state index in [1.165, 1.54) is 0 Å². The highest BCUT2D eigenvalue weighted by molar-refractivity contribution is 6.04. The van der Waals surface area contributed by atoms with E-state index in [1.807, 2.05) is 23.1 Å². The number of nitrogens with zero attached hydrogens (tertiary/aromatic N) is 1. The summed E-state index contributed by atoms with van der Waals surface area (Å²) in [4.78, 5) is 13.8. The van der Waals surface area contributed by atoms with E-state index in [0.717, 1.165) is 19.6 Å². The van der Waals surface area contributed by atoms with Crippen LogP contribution in [0.15, 0.2) is 30.3 Å². The zero-order chi connectivity index (χ0) is 13.0. The first kappa shape index (κ1) is 12.6. The van der Waals surface area contributed by atoms with Crippen molar-refractivity contribution in [3.05, 3.63) is 35.9 Å². The predicted molar refractivity (Wildman–Crippen MR) is 70.7 cm³/mol. The van der Waals surface area contributed by atoms with E-state index in [1.54, 1.807) is 12.1 Å². The molecule has 1 saturated heterocycles. The molecule has 0 radical (unpaired) electrons. The molecule has 1 unspecified atom stereocenters. The third-order valence-corrected chi connectivity index (χ3v) is 2.95. The molecule has 1 amide bonds. The number of benzene rings is 1. The third kappa shape index (κ3) is 3.07. The van der Waals surface area contributed by atoms with Gasteiger partial charge in [-0.3, -0.25) is 15.5 Å². The number of carbonyl (C=O) groups excluding carboxylic acids is 1. The Morgan fingerprint density at radius 2 is 2.17 bits per heavy atom. The van der Waals surface area contributed by atoms with Gasteiger partial charge >= 0.3 is 0 Å². The summed E-state index contributed by atoms with van der Waals surface area (Å²) in [5.74, 6) is -0.0519. The lowest BCUT2D eigenvalue weighted by Crippen LogP contribution is -2.55. The minimum atomic E-state index is -0.230. The molecule has 1 aliphatic heterocycles. The minimum absolute atomic E-state index is 0.178. The van der Waals surface area contributed by atoms with Crippen LogP contribution in [0, 0.1) is 5.41 Å². The normalized spacial score (nSPS) is 19.4. The zero-order valence-electron chi connectivity index (χ0n) is 10.4. The van der Waals surface area contributed by atoms with E-state index in [9.17, 15) is 4.79 Å². The van der Waals surface area contributed by atoms with Gasteiger partial charge in [0.1, 0.15) is 0 Å². The Morgan fingerprint density at radius 1 is 1.44 bits per heavy atom. The highest BCUT2D eigenvalue weighted by atomic mass is 16.1. The molecule has 96 valence electrons. The van der Waals surface area contributed by atoms with Crippen LogP contribution >= 0.6 is 0 Å². The standard InChI is InChI=1S/C13H18N4O/c1-10-9-17(8-7-15-10)13(14)16-12(18)11-5-3-2-4-6-11/h2-6,10,15H,7-9H2,1H3,(H2,14,16,18). The van der Waals surface area contributed by atoms with Crippen LogP contribution in [0.4, 0.5) is 0 Å². The number of nitrogens with one attached hydrogen (secondary N) is 3. The molecule has 3 N–H and O–H groups in total. The molecule has 2 rings (SSSR count). The van der Waals surface area contributed by atoms with Gasteiger partial charge < -0.3 is 10.2 Å². The fourth-order valence-corrected chi connectivity index (χ4v) is 1.98. The molecule has 1 atom stereocenters. The average Bonchev–Trinajstić information content (AvgIpc) is 2.39.